The summed E-state index contributed by atoms with van der Waals surface area (Å²) < 4.78 is 0. The second-order valence-electron chi connectivity index (χ2n) is 4.83. The Morgan fingerprint density at radius 1 is 1.56 bits per heavy atom. The molecule has 92 valence electrons. The number of amidine groups is 1. The number of carbonyl (C=O) groups excluding carboxylic acids is 1. The average Bonchev–Trinajstić information content (AvgIpc) is 2.63. The average molecular weight is 227 g/mol. The molecule has 4 N–H and O–H groups in total. The molecule has 5 nitrogen and oxygen atoms in total. The van der Waals surface area contributed by atoms with Gasteiger partial charge in [-0.1, -0.05) is 25.4 Å². The van der Waals surface area contributed by atoms with Gasteiger partial charge >= 0.3 is 0 Å². The van der Waals surface area contributed by atoms with Gasteiger partial charge in [-0.05, 0) is 18.8 Å². The van der Waals surface area contributed by atoms with Crippen molar-refractivity contribution in [3.8, 4) is 0 Å². The van der Waals surface area contributed by atoms with Gasteiger partial charge in [0, 0.05) is 18.4 Å². The van der Waals surface area contributed by atoms with Crippen molar-refractivity contribution >= 4 is 11.7 Å². The Bertz CT molecular complexity index is 276. The molecule has 0 heterocycles. The van der Waals surface area contributed by atoms with E-state index in [-0.39, 0.29) is 23.7 Å². The Hall–Kier alpha value is -1.26. The molecule has 0 radical (unpaired) electrons. The highest BCUT2D eigenvalue weighted by atomic mass is 16.4. The minimum atomic E-state index is -0.0129. The summed E-state index contributed by atoms with van der Waals surface area (Å²) in [5.41, 5.74) is 5.59. The van der Waals surface area contributed by atoms with Crippen LogP contribution in [0.3, 0.4) is 0 Å². The van der Waals surface area contributed by atoms with Crippen LogP contribution >= 0.6 is 0 Å². The molecule has 0 aliphatic heterocycles. The van der Waals surface area contributed by atoms with E-state index < -0.39 is 0 Å². The first kappa shape index (κ1) is 12.8. The quantitative estimate of drug-likeness (QED) is 0.290. The van der Waals surface area contributed by atoms with Crippen molar-refractivity contribution in [2.45, 2.75) is 45.6 Å². The first-order chi connectivity index (χ1) is 7.54. The van der Waals surface area contributed by atoms with Gasteiger partial charge in [0.05, 0.1) is 0 Å². The van der Waals surface area contributed by atoms with Crippen LogP contribution in [0.1, 0.15) is 39.5 Å². The van der Waals surface area contributed by atoms with Crippen LogP contribution in [0, 0.1) is 11.8 Å². The van der Waals surface area contributed by atoms with Crippen LogP contribution in [0.2, 0.25) is 0 Å². The molecule has 1 rings (SSSR count). The number of carbonyl (C=O) groups is 1. The standard InChI is InChI=1S/C11H21N3O2/c1-7(2)6-10(15)13-9-5-3-4-8(9)11(12)14-16/h7-9,16H,3-6H2,1-2H3,(H2,12,14)(H,13,15). The smallest absolute Gasteiger partial charge is 0.220 e. The fourth-order valence-electron chi connectivity index (χ4n) is 2.20. The summed E-state index contributed by atoms with van der Waals surface area (Å²) in [6.45, 7) is 4.02. The van der Waals surface area contributed by atoms with Gasteiger partial charge in [0.2, 0.25) is 5.91 Å². The lowest BCUT2D eigenvalue weighted by molar-refractivity contribution is -0.122. The van der Waals surface area contributed by atoms with Gasteiger partial charge in [-0.3, -0.25) is 4.79 Å². The predicted octanol–water partition coefficient (Wildman–Crippen LogP) is 1.06. The number of oxime groups is 1. The molecule has 1 aliphatic rings. The van der Waals surface area contributed by atoms with E-state index in [1.54, 1.807) is 0 Å². The third kappa shape index (κ3) is 3.40. The third-order valence-corrected chi connectivity index (χ3v) is 2.95. The summed E-state index contributed by atoms with van der Waals surface area (Å²) in [6.07, 6.45) is 3.32. The Morgan fingerprint density at radius 2 is 2.25 bits per heavy atom. The first-order valence-corrected chi connectivity index (χ1v) is 5.81. The van der Waals surface area contributed by atoms with Crippen LogP contribution in [0.15, 0.2) is 5.16 Å². The van der Waals surface area contributed by atoms with E-state index >= 15 is 0 Å². The molecule has 5 heteroatoms. The van der Waals surface area contributed by atoms with Gasteiger partial charge in [-0.25, -0.2) is 0 Å². The van der Waals surface area contributed by atoms with Crippen molar-refractivity contribution in [1.82, 2.24) is 5.32 Å². The Labute approximate surface area is 96.1 Å². The number of hydrogen-bond donors (Lipinski definition) is 3. The minimum absolute atomic E-state index is 0.0129. The van der Waals surface area contributed by atoms with E-state index in [1.807, 2.05) is 13.8 Å². The molecule has 0 aromatic carbocycles. The number of hydrogen-bond acceptors (Lipinski definition) is 3. The van der Waals surface area contributed by atoms with Crippen LogP contribution in [-0.2, 0) is 4.79 Å². The van der Waals surface area contributed by atoms with Crippen LogP contribution in [0.4, 0.5) is 0 Å². The van der Waals surface area contributed by atoms with Gasteiger partial charge < -0.3 is 16.3 Å². The lowest BCUT2D eigenvalue weighted by Gasteiger charge is -2.20. The van der Waals surface area contributed by atoms with Crippen LogP contribution in [0.5, 0.6) is 0 Å². The van der Waals surface area contributed by atoms with Crippen molar-refractivity contribution in [1.29, 1.82) is 0 Å². The largest absolute Gasteiger partial charge is 0.409 e. The molecule has 0 bridgehead atoms. The fraction of sp³-hybridized carbons (Fsp3) is 0.818. The molecule has 1 amide bonds. The maximum atomic E-state index is 11.6. The Morgan fingerprint density at radius 3 is 2.81 bits per heavy atom. The van der Waals surface area contributed by atoms with Gasteiger partial charge in [0.15, 0.2) is 0 Å². The lowest BCUT2D eigenvalue weighted by Crippen LogP contribution is -2.42. The molecule has 0 saturated heterocycles. The molecular weight excluding hydrogens is 206 g/mol. The zero-order valence-corrected chi connectivity index (χ0v) is 9.94. The minimum Gasteiger partial charge on any atom is -0.409 e. The maximum Gasteiger partial charge on any atom is 0.220 e. The van der Waals surface area contributed by atoms with Crippen molar-refractivity contribution in [3.63, 3.8) is 0 Å². The van der Waals surface area contributed by atoms with Gasteiger partial charge in [0.25, 0.3) is 0 Å². The molecule has 0 spiro atoms. The highest BCUT2D eigenvalue weighted by Gasteiger charge is 2.31. The van der Waals surface area contributed by atoms with E-state index in [0.29, 0.717) is 12.3 Å². The second-order valence-corrected chi connectivity index (χ2v) is 4.83. The van der Waals surface area contributed by atoms with Crippen molar-refractivity contribution in [3.05, 3.63) is 0 Å². The summed E-state index contributed by atoms with van der Waals surface area (Å²) in [6, 6.07) is 0.0298. The monoisotopic (exact) mass is 227 g/mol. The van der Waals surface area contributed by atoms with Gasteiger partial charge in [0.1, 0.15) is 5.84 Å². The first-order valence-electron chi connectivity index (χ1n) is 5.81. The van der Waals surface area contributed by atoms with Crippen molar-refractivity contribution in [2.75, 3.05) is 0 Å². The second kappa shape index (κ2) is 5.72. The highest BCUT2D eigenvalue weighted by Crippen LogP contribution is 2.25. The normalized spacial score (nSPS) is 26.1. The SMILES string of the molecule is CC(C)CC(=O)NC1CCCC1C(N)=NO. The summed E-state index contributed by atoms with van der Waals surface area (Å²) in [5.74, 6) is 0.620. The summed E-state index contributed by atoms with van der Waals surface area (Å²) in [4.78, 5) is 11.6. The fourth-order valence-corrected chi connectivity index (χ4v) is 2.20. The number of rotatable bonds is 4. The van der Waals surface area contributed by atoms with Gasteiger partial charge in [-0.15, -0.1) is 0 Å². The molecule has 0 aromatic heterocycles. The summed E-state index contributed by atoms with van der Waals surface area (Å²) in [7, 11) is 0. The number of nitrogens with zero attached hydrogens (tertiary/aromatic N) is 1. The topological polar surface area (TPSA) is 87.7 Å². The summed E-state index contributed by atoms with van der Waals surface area (Å²) in [5, 5.41) is 14.6. The van der Waals surface area contributed by atoms with E-state index in [1.165, 1.54) is 0 Å². The van der Waals surface area contributed by atoms with Crippen LogP contribution in [-0.4, -0.2) is 23.0 Å². The van der Waals surface area contributed by atoms with Crippen LogP contribution in [0.25, 0.3) is 0 Å². The zero-order chi connectivity index (χ0) is 12.1. The zero-order valence-electron chi connectivity index (χ0n) is 9.94. The van der Waals surface area contributed by atoms with E-state index in [2.05, 4.69) is 10.5 Å². The maximum absolute atomic E-state index is 11.6. The van der Waals surface area contributed by atoms with Crippen molar-refractivity contribution < 1.29 is 10.0 Å². The molecule has 1 fully saturated rings. The molecule has 1 aliphatic carbocycles. The third-order valence-electron chi connectivity index (χ3n) is 2.95. The Kier molecular flexibility index (Phi) is 4.58. The predicted molar refractivity (Wildman–Crippen MR) is 62.1 cm³/mol. The number of nitrogens with two attached hydrogens (primary N) is 1. The molecule has 2 atom stereocenters. The molecular formula is C11H21N3O2. The Balaban J connectivity index is 2.50. The molecule has 2 unspecified atom stereocenters. The van der Waals surface area contributed by atoms with E-state index in [0.717, 1.165) is 19.3 Å². The van der Waals surface area contributed by atoms with Crippen molar-refractivity contribution in [2.24, 2.45) is 22.7 Å². The highest BCUT2D eigenvalue weighted by molar-refractivity contribution is 5.84. The van der Waals surface area contributed by atoms with E-state index in [4.69, 9.17) is 10.9 Å². The summed E-state index contributed by atoms with van der Waals surface area (Å²) >= 11 is 0. The molecule has 16 heavy (non-hydrogen) atoms. The molecule has 1 saturated carbocycles. The lowest BCUT2D eigenvalue weighted by atomic mass is 10.0. The van der Waals surface area contributed by atoms with Gasteiger partial charge in [-0.2, -0.15) is 0 Å². The van der Waals surface area contributed by atoms with Crippen LogP contribution < -0.4 is 11.1 Å². The number of nitrogens with one attached hydrogen (secondary N) is 1. The number of amides is 1. The molecule has 0 aromatic rings. The van der Waals surface area contributed by atoms with E-state index in [9.17, 15) is 4.79 Å².